The molecule has 0 aromatic heterocycles. The number of methoxy groups -OCH3 is 1. The minimum atomic E-state index is -0.289. The van der Waals surface area contributed by atoms with Crippen molar-refractivity contribution >= 4 is 5.97 Å². The molecule has 25 heavy (non-hydrogen) atoms. The third-order valence-electron chi connectivity index (χ3n) is 7.49. The van der Waals surface area contributed by atoms with Gasteiger partial charge in [0.05, 0.1) is 7.11 Å². The largest absolute Gasteiger partial charge is 0.493 e. The summed E-state index contributed by atoms with van der Waals surface area (Å²) in [6, 6.07) is 4.22. The van der Waals surface area contributed by atoms with E-state index in [2.05, 4.69) is 19.1 Å². The van der Waals surface area contributed by atoms with Gasteiger partial charge in [-0.3, -0.25) is 4.79 Å². The average Bonchev–Trinajstić information content (AvgIpc) is 3.05. The zero-order valence-electron chi connectivity index (χ0n) is 15.8. The fraction of sp³-hybridized carbons (Fsp3) is 0.682. The number of carbonyl (C=O) groups is 1. The molecule has 0 amide bonds. The molecule has 0 spiro atoms. The Labute approximate surface area is 151 Å². The van der Waals surface area contributed by atoms with E-state index in [-0.39, 0.29) is 5.97 Å². The summed E-state index contributed by atoms with van der Waals surface area (Å²) in [5.41, 5.74) is 3.45. The lowest BCUT2D eigenvalue weighted by atomic mass is 9.54. The third kappa shape index (κ3) is 2.67. The molecule has 0 bridgehead atoms. The molecule has 4 rings (SSSR count). The van der Waals surface area contributed by atoms with Gasteiger partial charge in [0.25, 0.3) is 0 Å². The maximum Gasteiger partial charge on any atom is 0.308 e. The molecule has 0 radical (unpaired) electrons. The molecular formula is C22H30O3. The molecule has 3 nitrogen and oxygen atoms in total. The van der Waals surface area contributed by atoms with E-state index in [1.54, 1.807) is 7.11 Å². The van der Waals surface area contributed by atoms with Crippen LogP contribution < -0.4 is 9.47 Å². The lowest BCUT2D eigenvalue weighted by Gasteiger charge is -2.50. The van der Waals surface area contributed by atoms with E-state index in [9.17, 15) is 4.79 Å². The normalized spacial score (nSPS) is 33.2. The summed E-state index contributed by atoms with van der Waals surface area (Å²) in [6.07, 6.45) is 10.7. The van der Waals surface area contributed by atoms with Crippen molar-refractivity contribution in [1.29, 1.82) is 0 Å². The predicted molar refractivity (Wildman–Crippen MR) is 98.2 cm³/mol. The SMILES string of the molecule is CC[C@@]12CCC[C@H]1[C@@H]1CCc3cc(OC(C)=O)c(OC)cc3[C@H]1CC2. The second-order valence-electron chi connectivity index (χ2n) is 8.36. The van der Waals surface area contributed by atoms with Crippen LogP contribution in [0.4, 0.5) is 0 Å². The van der Waals surface area contributed by atoms with E-state index in [4.69, 9.17) is 9.47 Å². The molecule has 0 aliphatic heterocycles. The van der Waals surface area contributed by atoms with Gasteiger partial charge >= 0.3 is 5.97 Å². The predicted octanol–water partition coefficient (Wildman–Crippen LogP) is 5.26. The van der Waals surface area contributed by atoms with Crippen molar-refractivity contribution < 1.29 is 14.3 Å². The molecule has 1 aromatic carbocycles. The molecule has 3 aliphatic carbocycles. The molecule has 136 valence electrons. The Balaban J connectivity index is 1.69. The highest BCUT2D eigenvalue weighted by Gasteiger charge is 2.51. The van der Waals surface area contributed by atoms with Gasteiger partial charge in [-0.1, -0.05) is 19.8 Å². The smallest absolute Gasteiger partial charge is 0.308 e. The molecule has 0 unspecified atom stereocenters. The number of hydrogen-bond donors (Lipinski definition) is 0. The zero-order chi connectivity index (χ0) is 17.6. The second-order valence-corrected chi connectivity index (χ2v) is 8.36. The summed E-state index contributed by atoms with van der Waals surface area (Å²) in [6.45, 7) is 3.85. The van der Waals surface area contributed by atoms with E-state index in [0.29, 0.717) is 22.8 Å². The quantitative estimate of drug-likeness (QED) is 0.555. The van der Waals surface area contributed by atoms with Gasteiger partial charge in [-0.25, -0.2) is 0 Å². The molecule has 3 aliphatic rings. The first-order valence-electron chi connectivity index (χ1n) is 9.97. The Morgan fingerprint density at radius 1 is 1.20 bits per heavy atom. The van der Waals surface area contributed by atoms with Crippen LogP contribution >= 0.6 is 0 Å². The molecule has 2 fully saturated rings. The molecule has 0 heterocycles. The first-order chi connectivity index (χ1) is 12.1. The summed E-state index contributed by atoms with van der Waals surface area (Å²) in [5, 5.41) is 0. The van der Waals surface area contributed by atoms with Gasteiger partial charge in [0.15, 0.2) is 11.5 Å². The van der Waals surface area contributed by atoms with Gasteiger partial charge in [0.1, 0.15) is 0 Å². The highest BCUT2D eigenvalue weighted by Crippen LogP contribution is 2.62. The van der Waals surface area contributed by atoms with Crippen LogP contribution in [0.15, 0.2) is 12.1 Å². The number of hydrogen-bond acceptors (Lipinski definition) is 3. The van der Waals surface area contributed by atoms with Crippen LogP contribution in [0.3, 0.4) is 0 Å². The van der Waals surface area contributed by atoms with Crippen LogP contribution in [-0.4, -0.2) is 13.1 Å². The number of fused-ring (bicyclic) bond motifs is 5. The van der Waals surface area contributed by atoms with Crippen molar-refractivity contribution in [1.82, 2.24) is 0 Å². The van der Waals surface area contributed by atoms with Gasteiger partial charge < -0.3 is 9.47 Å². The number of rotatable bonds is 3. The third-order valence-corrected chi connectivity index (χ3v) is 7.49. The number of benzene rings is 1. The van der Waals surface area contributed by atoms with Crippen LogP contribution in [0.5, 0.6) is 11.5 Å². The molecule has 1 aromatic rings. The Hall–Kier alpha value is -1.51. The molecule has 3 heteroatoms. The van der Waals surface area contributed by atoms with E-state index in [1.165, 1.54) is 63.0 Å². The topological polar surface area (TPSA) is 35.5 Å². The van der Waals surface area contributed by atoms with E-state index >= 15 is 0 Å². The molecule has 4 atom stereocenters. The van der Waals surface area contributed by atoms with Crippen molar-refractivity contribution in [3.8, 4) is 11.5 Å². The van der Waals surface area contributed by atoms with E-state index in [1.807, 2.05) is 0 Å². The highest BCUT2D eigenvalue weighted by molar-refractivity contribution is 5.71. The highest BCUT2D eigenvalue weighted by atomic mass is 16.6. The molecular weight excluding hydrogens is 312 g/mol. The van der Waals surface area contributed by atoms with Crippen molar-refractivity contribution in [3.63, 3.8) is 0 Å². The summed E-state index contributed by atoms with van der Waals surface area (Å²) in [7, 11) is 1.66. The van der Waals surface area contributed by atoms with Crippen LogP contribution in [0.2, 0.25) is 0 Å². The summed E-state index contributed by atoms with van der Waals surface area (Å²) in [5.74, 6) is 3.38. The first-order valence-corrected chi connectivity index (χ1v) is 9.97. The van der Waals surface area contributed by atoms with Crippen molar-refractivity contribution in [3.05, 3.63) is 23.3 Å². The van der Waals surface area contributed by atoms with Crippen molar-refractivity contribution in [2.75, 3.05) is 7.11 Å². The molecule has 0 N–H and O–H groups in total. The van der Waals surface area contributed by atoms with E-state index in [0.717, 1.165) is 18.3 Å². The summed E-state index contributed by atoms with van der Waals surface area (Å²) < 4.78 is 10.9. The Bertz CT molecular complexity index is 680. The number of esters is 1. The van der Waals surface area contributed by atoms with Crippen LogP contribution in [-0.2, 0) is 11.2 Å². The fourth-order valence-electron chi connectivity index (χ4n) is 6.38. The standard InChI is InChI=1S/C22H30O3/c1-4-22-10-5-6-19(22)17-8-7-15-12-21(25-14(2)23)20(24-3)13-18(15)16(17)9-11-22/h12-13,16-17,19H,4-11H2,1-3H3/t16-,17+,19-,22-/m0/s1. The second kappa shape index (κ2) is 6.34. The summed E-state index contributed by atoms with van der Waals surface area (Å²) >= 11 is 0. The lowest BCUT2D eigenvalue weighted by molar-refractivity contribution is -0.132. The minimum absolute atomic E-state index is 0.289. The van der Waals surface area contributed by atoms with Crippen LogP contribution in [0.1, 0.15) is 75.8 Å². The number of aryl methyl sites for hydroxylation is 1. The number of carbonyl (C=O) groups excluding carboxylic acids is 1. The zero-order valence-corrected chi connectivity index (χ0v) is 15.8. The van der Waals surface area contributed by atoms with Gasteiger partial charge in [0.2, 0.25) is 0 Å². The van der Waals surface area contributed by atoms with Gasteiger partial charge in [-0.15, -0.1) is 0 Å². The Morgan fingerprint density at radius 3 is 2.76 bits per heavy atom. The van der Waals surface area contributed by atoms with Crippen molar-refractivity contribution in [2.45, 2.75) is 71.1 Å². The Morgan fingerprint density at radius 2 is 2.04 bits per heavy atom. The Kier molecular flexibility index (Phi) is 4.29. The van der Waals surface area contributed by atoms with Crippen LogP contribution in [0.25, 0.3) is 0 Å². The molecule has 2 saturated carbocycles. The maximum absolute atomic E-state index is 11.4. The molecule has 0 saturated heterocycles. The number of ether oxygens (including phenoxy) is 2. The maximum atomic E-state index is 11.4. The fourth-order valence-corrected chi connectivity index (χ4v) is 6.38. The van der Waals surface area contributed by atoms with Crippen LogP contribution in [0, 0.1) is 17.3 Å². The van der Waals surface area contributed by atoms with Gasteiger partial charge in [-0.2, -0.15) is 0 Å². The van der Waals surface area contributed by atoms with Gasteiger partial charge in [0, 0.05) is 6.92 Å². The van der Waals surface area contributed by atoms with Crippen molar-refractivity contribution in [2.24, 2.45) is 17.3 Å². The monoisotopic (exact) mass is 342 g/mol. The summed E-state index contributed by atoms with van der Waals surface area (Å²) in [4.78, 5) is 11.4. The van der Waals surface area contributed by atoms with Gasteiger partial charge in [-0.05, 0) is 85.0 Å². The first kappa shape index (κ1) is 16.9. The minimum Gasteiger partial charge on any atom is -0.493 e. The average molecular weight is 342 g/mol. The lowest BCUT2D eigenvalue weighted by Crippen LogP contribution is -2.40. The van der Waals surface area contributed by atoms with E-state index < -0.39 is 0 Å².